The number of anilines is 3. The highest BCUT2D eigenvalue weighted by molar-refractivity contribution is 5.91. The predicted molar refractivity (Wildman–Crippen MR) is 173 cm³/mol. The molecule has 1 unspecified atom stereocenters. The molecule has 6 aromatic rings. The highest BCUT2D eigenvalue weighted by atomic mass is 15.1. The lowest BCUT2D eigenvalue weighted by Crippen LogP contribution is -2.23. The quantitative estimate of drug-likeness (QED) is 0.215. The Morgan fingerprint density at radius 2 is 1.12 bits per heavy atom. The van der Waals surface area contributed by atoms with E-state index < -0.39 is 0 Å². The summed E-state index contributed by atoms with van der Waals surface area (Å²) in [5, 5.41) is 0. The van der Waals surface area contributed by atoms with Gasteiger partial charge >= 0.3 is 0 Å². The first-order chi connectivity index (χ1) is 20.0. The van der Waals surface area contributed by atoms with E-state index in [-0.39, 0.29) is 5.41 Å². The van der Waals surface area contributed by atoms with Gasteiger partial charge in [0, 0.05) is 22.4 Å². The summed E-state index contributed by atoms with van der Waals surface area (Å²) >= 11 is 0. The van der Waals surface area contributed by atoms with Crippen molar-refractivity contribution in [2.24, 2.45) is 0 Å². The van der Waals surface area contributed by atoms with Crippen LogP contribution in [0.5, 0.6) is 0 Å². The highest BCUT2D eigenvalue weighted by Gasteiger charge is 2.41. The lowest BCUT2D eigenvalue weighted by Gasteiger charge is -2.31. The van der Waals surface area contributed by atoms with Crippen molar-refractivity contribution < 1.29 is 0 Å². The lowest BCUT2D eigenvalue weighted by molar-refractivity contribution is 0.713. The molecule has 0 aromatic heterocycles. The Morgan fingerprint density at radius 3 is 1.90 bits per heavy atom. The molecule has 0 saturated heterocycles. The van der Waals surface area contributed by atoms with E-state index in [1.165, 1.54) is 50.1 Å². The first-order valence-electron chi connectivity index (χ1n) is 14.4. The monoisotopic (exact) mass is 527 g/mol. The Labute approximate surface area is 243 Å². The molecule has 0 heterocycles. The van der Waals surface area contributed by atoms with E-state index in [1.54, 1.807) is 0 Å². The Hall–Kier alpha value is -4.88. The average Bonchev–Trinajstić information content (AvgIpc) is 3.27. The summed E-state index contributed by atoms with van der Waals surface area (Å²) in [7, 11) is 0. The summed E-state index contributed by atoms with van der Waals surface area (Å²) in [5.74, 6) is 0. The van der Waals surface area contributed by atoms with Gasteiger partial charge in [0.1, 0.15) is 0 Å². The number of nitrogens with zero attached hydrogens (tertiary/aromatic N) is 1. The van der Waals surface area contributed by atoms with Crippen LogP contribution in [0, 0.1) is 13.8 Å². The molecule has 1 nitrogen and oxygen atoms in total. The molecule has 6 aromatic carbocycles. The van der Waals surface area contributed by atoms with E-state index in [1.807, 2.05) is 0 Å². The molecule has 0 N–H and O–H groups in total. The van der Waals surface area contributed by atoms with Gasteiger partial charge in [-0.2, -0.15) is 0 Å². The molecule has 0 saturated carbocycles. The SMILES string of the molecule is Cc1ccc(C2(C)c3ccccc3-c3ccc(N(c4cccc(C)c4)c4ccccc4-c4ccccc4)cc32)cc1. The van der Waals surface area contributed by atoms with Gasteiger partial charge < -0.3 is 4.90 Å². The third-order valence-electron chi connectivity index (χ3n) is 8.67. The van der Waals surface area contributed by atoms with Gasteiger partial charge in [-0.1, -0.05) is 121 Å². The van der Waals surface area contributed by atoms with Gasteiger partial charge in [-0.05, 0) is 90.0 Å². The summed E-state index contributed by atoms with van der Waals surface area (Å²) in [4.78, 5) is 2.42. The zero-order valence-corrected chi connectivity index (χ0v) is 23.8. The number of benzene rings is 6. The fourth-order valence-corrected chi connectivity index (χ4v) is 6.54. The van der Waals surface area contributed by atoms with Crippen molar-refractivity contribution in [3.8, 4) is 22.3 Å². The van der Waals surface area contributed by atoms with Crippen LogP contribution in [0.2, 0.25) is 0 Å². The van der Waals surface area contributed by atoms with Gasteiger partial charge in [0.25, 0.3) is 0 Å². The van der Waals surface area contributed by atoms with Crippen LogP contribution in [0.15, 0.2) is 146 Å². The normalized spacial score (nSPS) is 15.3. The van der Waals surface area contributed by atoms with Crippen molar-refractivity contribution in [1.82, 2.24) is 0 Å². The topological polar surface area (TPSA) is 3.24 Å². The molecule has 0 bridgehead atoms. The van der Waals surface area contributed by atoms with E-state index in [4.69, 9.17) is 0 Å². The van der Waals surface area contributed by atoms with Crippen molar-refractivity contribution in [2.75, 3.05) is 4.90 Å². The van der Waals surface area contributed by atoms with Gasteiger partial charge in [-0.15, -0.1) is 0 Å². The van der Waals surface area contributed by atoms with E-state index >= 15 is 0 Å². The minimum Gasteiger partial charge on any atom is -0.310 e. The third-order valence-corrected chi connectivity index (χ3v) is 8.67. The van der Waals surface area contributed by atoms with Crippen LogP contribution in [0.3, 0.4) is 0 Å². The fraction of sp³-hybridized carbons (Fsp3) is 0.100. The molecular formula is C40H33N. The number of fused-ring (bicyclic) bond motifs is 3. The number of para-hydroxylation sites is 1. The van der Waals surface area contributed by atoms with Crippen molar-refractivity contribution in [2.45, 2.75) is 26.2 Å². The highest BCUT2D eigenvalue weighted by Crippen LogP contribution is 2.54. The maximum absolute atomic E-state index is 2.43. The standard InChI is InChI=1S/C40H33N/c1-28-20-22-31(23-21-28)40(3)37-18-9-7-17-35(37)36-25-24-33(27-38(36)40)41(32-15-11-12-29(2)26-32)39-19-10-8-16-34(39)30-13-5-4-6-14-30/h4-27H,1-3H3. The van der Waals surface area contributed by atoms with Crippen LogP contribution in [-0.2, 0) is 5.41 Å². The zero-order chi connectivity index (χ0) is 28.0. The van der Waals surface area contributed by atoms with Crippen LogP contribution >= 0.6 is 0 Å². The molecule has 1 aliphatic carbocycles. The second-order valence-corrected chi connectivity index (χ2v) is 11.3. The molecular weight excluding hydrogens is 494 g/mol. The molecule has 1 aliphatic rings. The van der Waals surface area contributed by atoms with E-state index in [0.717, 1.165) is 17.1 Å². The summed E-state index contributed by atoms with van der Waals surface area (Å²) in [6, 6.07) is 53.3. The van der Waals surface area contributed by atoms with Crippen LogP contribution in [-0.4, -0.2) is 0 Å². The molecule has 0 spiro atoms. The minimum absolute atomic E-state index is 0.257. The molecule has 198 valence electrons. The maximum atomic E-state index is 2.43. The smallest absolute Gasteiger partial charge is 0.0540 e. The van der Waals surface area contributed by atoms with Crippen molar-refractivity contribution >= 4 is 17.1 Å². The number of rotatable bonds is 5. The Kier molecular flexibility index (Phi) is 6.09. The van der Waals surface area contributed by atoms with Crippen molar-refractivity contribution in [3.05, 3.63) is 173 Å². The van der Waals surface area contributed by atoms with E-state index in [9.17, 15) is 0 Å². The average molecular weight is 528 g/mol. The minimum atomic E-state index is -0.257. The largest absolute Gasteiger partial charge is 0.310 e. The third kappa shape index (κ3) is 4.17. The van der Waals surface area contributed by atoms with E-state index in [2.05, 4.69) is 171 Å². The first kappa shape index (κ1) is 25.1. The van der Waals surface area contributed by atoms with Gasteiger partial charge in [0.05, 0.1) is 5.69 Å². The number of aryl methyl sites for hydroxylation is 2. The molecule has 41 heavy (non-hydrogen) atoms. The van der Waals surface area contributed by atoms with Gasteiger partial charge in [0.2, 0.25) is 0 Å². The molecule has 0 radical (unpaired) electrons. The van der Waals surface area contributed by atoms with Gasteiger partial charge in [0.15, 0.2) is 0 Å². The molecule has 1 atom stereocenters. The van der Waals surface area contributed by atoms with Crippen LogP contribution in [0.1, 0.15) is 34.7 Å². The maximum Gasteiger partial charge on any atom is 0.0540 e. The van der Waals surface area contributed by atoms with Crippen molar-refractivity contribution in [1.29, 1.82) is 0 Å². The second kappa shape index (κ2) is 9.94. The summed E-state index contributed by atoms with van der Waals surface area (Å²) in [6.07, 6.45) is 0. The van der Waals surface area contributed by atoms with E-state index in [0.29, 0.717) is 0 Å². The molecule has 7 rings (SSSR count). The fourth-order valence-electron chi connectivity index (χ4n) is 6.54. The summed E-state index contributed by atoms with van der Waals surface area (Å²) in [5.41, 5.74) is 14.8. The Balaban J connectivity index is 1.48. The molecule has 1 heteroatoms. The van der Waals surface area contributed by atoms with Crippen LogP contribution in [0.4, 0.5) is 17.1 Å². The summed E-state index contributed by atoms with van der Waals surface area (Å²) in [6.45, 7) is 6.71. The summed E-state index contributed by atoms with van der Waals surface area (Å²) < 4.78 is 0. The molecule has 0 amide bonds. The van der Waals surface area contributed by atoms with Crippen LogP contribution in [0.25, 0.3) is 22.3 Å². The Bertz CT molecular complexity index is 1870. The van der Waals surface area contributed by atoms with Crippen LogP contribution < -0.4 is 4.90 Å². The first-order valence-corrected chi connectivity index (χ1v) is 14.4. The molecule has 0 fully saturated rings. The second-order valence-electron chi connectivity index (χ2n) is 11.3. The van der Waals surface area contributed by atoms with Crippen molar-refractivity contribution in [3.63, 3.8) is 0 Å². The zero-order valence-electron chi connectivity index (χ0n) is 23.8. The van der Waals surface area contributed by atoms with Gasteiger partial charge in [-0.3, -0.25) is 0 Å². The molecule has 0 aliphatic heterocycles. The Morgan fingerprint density at radius 1 is 0.463 bits per heavy atom. The number of hydrogen-bond donors (Lipinski definition) is 0. The lowest BCUT2D eigenvalue weighted by atomic mass is 9.74. The number of hydrogen-bond acceptors (Lipinski definition) is 1. The van der Waals surface area contributed by atoms with Gasteiger partial charge in [-0.25, -0.2) is 0 Å². The predicted octanol–water partition coefficient (Wildman–Crippen LogP) is 10.8.